The number of pyridine rings is 1. The molecule has 0 amide bonds. The standard InChI is InChI=1S/C12H10ClNO2/c1-7(15)8-3-5-10-9(12(8)13)4-6-11(14-10)16-2/h3-6H,1-2H3. The third kappa shape index (κ3) is 1.74. The lowest BCUT2D eigenvalue weighted by molar-refractivity contribution is 0.101. The topological polar surface area (TPSA) is 39.2 Å². The molecule has 0 fully saturated rings. The predicted octanol–water partition coefficient (Wildman–Crippen LogP) is 3.10. The van der Waals surface area contributed by atoms with Gasteiger partial charge in [0, 0.05) is 17.0 Å². The Morgan fingerprint density at radius 3 is 2.69 bits per heavy atom. The van der Waals surface area contributed by atoms with Crippen molar-refractivity contribution in [2.45, 2.75) is 6.92 Å². The van der Waals surface area contributed by atoms with Gasteiger partial charge in [0.05, 0.1) is 17.6 Å². The summed E-state index contributed by atoms with van der Waals surface area (Å²) in [7, 11) is 1.56. The number of carbonyl (C=O) groups is 1. The number of aromatic nitrogens is 1. The van der Waals surface area contributed by atoms with Gasteiger partial charge in [-0.15, -0.1) is 0 Å². The summed E-state index contributed by atoms with van der Waals surface area (Å²) in [6, 6.07) is 6.97. The SMILES string of the molecule is COc1ccc2c(Cl)c(C(C)=O)ccc2n1. The number of ether oxygens (including phenoxy) is 1. The number of hydrogen-bond donors (Lipinski definition) is 0. The lowest BCUT2D eigenvalue weighted by Gasteiger charge is -2.05. The maximum atomic E-state index is 11.3. The fourth-order valence-electron chi connectivity index (χ4n) is 1.53. The van der Waals surface area contributed by atoms with Gasteiger partial charge in [0.15, 0.2) is 5.78 Å². The summed E-state index contributed by atoms with van der Waals surface area (Å²) in [4.78, 5) is 15.5. The fourth-order valence-corrected chi connectivity index (χ4v) is 1.89. The van der Waals surface area contributed by atoms with Gasteiger partial charge in [0.2, 0.25) is 5.88 Å². The molecule has 3 nitrogen and oxygen atoms in total. The van der Waals surface area contributed by atoms with E-state index >= 15 is 0 Å². The van der Waals surface area contributed by atoms with E-state index < -0.39 is 0 Å². The molecule has 0 saturated carbocycles. The van der Waals surface area contributed by atoms with Gasteiger partial charge in [-0.25, -0.2) is 4.98 Å². The Kier molecular flexibility index (Phi) is 2.79. The molecule has 1 heterocycles. The summed E-state index contributed by atoms with van der Waals surface area (Å²) in [6.45, 7) is 1.49. The summed E-state index contributed by atoms with van der Waals surface area (Å²) in [5.74, 6) is 0.474. The number of Topliss-reactive ketones (excluding diaryl/α,β-unsaturated/α-hetero) is 1. The summed E-state index contributed by atoms with van der Waals surface area (Å²) >= 11 is 6.13. The zero-order valence-corrected chi connectivity index (χ0v) is 9.71. The highest BCUT2D eigenvalue weighted by Gasteiger charge is 2.10. The molecule has 0 radical (unpaired) electrons. The lowest BCUT2D eigenvalue weighted by atomic mass is 10.1. The van der Waals surface area contributed by atoms with Crippen LogP contribution in [0.4, 0.5) is 0 Å². The van der Waals surface area contributed by atoms with Crippen LogP contribution in [-0.4, -0.2) is 17.9 Å². The van der Waals surface area contributed by atoms with E-state index in [1.165, 1.54) is 6.92 Å². The molecule has 2 aromatic rings. The largest absolute Gasteiger partial charge is 0.481 e. The molecule has 0 atom stereocenters. The maximum Gasteiger partial charge on any atom is 0.213 e. The third-order valence-corrected chi connectivity index (χ3v) is 2.78. The van der Waals surface area contributed by atoms with Crippen LogP contribution >= 0.6 is 11.6 Å². The van der Waals surface area contributed by atoms with Crippen LogP contribution in [0.1, 0.15) is 17.3 Å². The van der Waals surface area contributed by atoms with E-state index in [9.17, 15) is 4.79 Å². The second kappa shape index (κ2) is 4.10. The molecule has 1 aromatic heterocycles. The number of benzene rings is 1. The fraction of sp³-hybridized carbons (Fsp3) is 0.167. The number of carbonyl (C=O) groups excluding carboxylic acids is 1. The highest BCUT2D eigenvalue weighted by atomic mass is 35.5. The summed E-state index contributed by atoms with van der Waals surface area (Å²) in [6.07, 6.45) is 0. The Bertz CT molecular complexity index is 566. The first-order valence-corrected chi connectivity index (χ1v) is 5.15. The van der Waals surface area contributed by atoms with Crippen LogP contribution in [0.5, 0.6) is 5.88 Å². The predicted molar refractivity (Wildman–Crippen MR) is 63.3 cm³/mol. The molecule has 1 aromatic carbocycles. The minimum Gasteiger partial charge on any atom is -0.481 e. The van der Waals surface area contributed by atoms with Crippen molar-refractivity contribution >= 4 is 28.3 Å². The first-order valence-electron chi connectivity index (χ1n) is 4.77. The number of methoxy groups -OCH3 is 1. The lowest BCUT2D eigenvalue weighted by Crippen LogP contribution is -1.95. The van der Waals surface area contributed by atoms with Crippen molar-refractivity contribution in [2.75, 3.05) is 7.11 Å². The molecule has 0 unspecified atom stereocenters. The van der Waals surface area contributed by atoms with Gasteiger partial charge in [-0.3, -0.25) is 4.79 Å². The second-order valence-corrected chi connectivity index (χ2v) is 3.78. The van der Waals surface area contributed by atoms with E-state index in [4.69, 9.17) is 16.3 Å². The van der Waals surface area contributed by atoms with Gasteiger partial charge < -0.3 is 4.74 Å². The Balaban J connectivity index is 2.71. The minimum atomic E-state index is -0.0530. The van der Waals surface area contributed by atoms with Crippen molar-refractivity contribution in [3.63, 3.8) is 0 Å². The molecular formula is C12H10ClNO2. The smallest absolute Gasteiger partial charge is 0.213 e. The molecule has 0 aliphatic carbocycles. The van der Waals surface area contributed by atoms with Crippen LogP contribution in [0.3, 0.4) is 0 Å². The Morgan fingerprint density at radius 2 is 2.06 bits per heavy atom. The zero-order valence-electron chi connectivity index (χ0n) is 8.95. The Hall–Kier alpha value is -1.61. The van der Waals surface area contributed by atoms with Gasteiger partial charge in [-0.2, -0.15) is 0 Å². The van der Waals surface area contributed by atoms with E-state index in [0.29, 0.717) is 22.0 Å². The molecule has 4 heteroatoms. The summed E-state index contributed by atoms with van der Waals surface area (Å²) < 4.78 is 5.02. The Labute approximate surface area is 98.0 Å². The molecule has 16 heavy (non-hydrogen) atoms. The van der Waals surface area contributed by atoms with Crippen LogP contribution in [0.25, 0.3) is 10.9 Å². The molecule has 82 valence electrons. The normalized spacial score (nSPS) is 10.4. The van der Waals surface area contributed by atoms with Gasteiger partial charge in [-0.05, 0) is 25.1 Å². The van der Waals surface area contributed by atoms with Crippen molar-refractivity contribution in [1.29, 1.82) is 0 Å². The van der Waals surface area contributed by atoms with Gasteiger partial charge in [0.1, 0.15) is 0 Å². The van der Waals surface area contributed by atoms with Gasteiger partial charge in [-0.1, -0.05) is 11.6 Å². The van der Waals surface area contributed by atoms with Gasteiger partial charge in [0.25, 0.3) is 0 Å². The van der Waals surface area contributed by atoms with E-state index in [1.54, 1.807) is 31.4 Å². The molecular weight excluding hydrogens is 226 g/mol. The zero-order chi connectivity index (χ0) is 11.7. The quantitative estimate of drug-likeness (QED) is 0.751. The molecule has 0 bridgehead atoms. The number of fused-ring (bicyclic) bond motifs is 1. The van der Waals surface area contributed by atoms with E-state index in [2.05, 4.69) is 4.98 Å². The van der Waals surface area contributed by atoms with Crippen molar-refractivity contribution in [3.05, 3.63) is 34.9 Å². The van der Waals surface area contributed by atoms with Gasteiger partial charge >= 0.3 is 0 Å². The van der Waals surface area contributed by atoms with Crippen LogP contribution in [-0.2, 0) is 0 Å². The summed E-state index contributed by atoms with van der Waals surface area (Å²) in [5.41, 5.74) is 1.23. The van der Waals surface area contributed by atoms with E-state index in [0.717, 1.165) is 5.39 Å². The number of rotatable bonds is 2. The number of nitrogens with zero attached hydrogens (tertiary/aromatic N) is 1. The highest BCUT2D eigenvalue weighted by Crippen LogP contribution is 2.28. The van der Waals surface area contributed by atoms with Crippen molar-refractivity contribution < 1.29 is 9.53 Å². The number of hydrogen-bond acceptors (Lipinski definition) is 3. The van der Waals surface area contributed by atoms with Crippen LogP contribution in [0.2, 0.25) is 5.02 Å². The average Bonchev–Trinajstić information content (AvgIpc) is 2.28. The Morgan fingerprint density at radius 1 is 1.31 bits per heavy atom. The monoisotopic (exact) mass is 235 g/mol. The molecule has 0 aliphatic rings. The van der Waals surface area contributed by atoms with Crippen LogP contribution < -0.4 is 4.74 Å². The molecule has 0 spiro atoms. The third-order valence-electron chi connectivity index (χ3n) is 2.37. The number of ketones is 1. The van der Waals surface area contributed by atoms with Crippen LogP contribution in [0, 0.1) is 0 Å². The second-order valence-electron chi connectivity index (χ2n) is 3.40. The highest BCUT2D eigenvalue weighted by molar-refractivity contribution is 6.38. The molecule has 0 aliphatic heterocycles. The van der Waals surface area contributed by atoms with Crippen molar-refractivity contribution in [2.24, 2.45) is 0 Å². The molecule has 0 N–H and O–H groups in total. The minimum absolute atomic E-state index is 0.0530. The molecule has 0 saturated heterocycles. The number of halogens is 1. The van der Waals surface area contributed by atoms with Crippen molar-refractivity contribution in [1.82, 2.24) is 4.98 Å². The van der Waals surface area contributed by atoms with E-state index in [1.807, 2.05) is 0 Å². The average molecular weight is 236 g/mol. The van der Waals surface area contributed by atoms with E-state index in [-0.39, 0.29) is 5.78 Å². The maximum absolute atomic E-state index is 11.3. The first-order chi connectivity index (χ1) is 7.63. The van der Waals surface area contributed by atoms with Crippen LogP contribution in [0.15, 0.2) is 24.3 Å². The first kappa shape index (κ1) is 10.9. The van der Waals surface area contributed by atoms with Crippen molar-refractivity contribution in [3.8, 4) is 5.88 Å². The summed E-state index contributed by atoms with van der Waals surface area (Å²) in [5, 5.41) is 1.20. The molecule has 2 rings (SSSR count).